The van der Waals surface area contributed by atoms with E-state index in [-0.39, 0.29) is 17.3 Å². The van der Waals surface area contributed by atoms with Crippen LogP contribution in [0, 0.1) is 10.1 Å². The first-order valence-electron chi connectivity index (χ1n) is 6.99. The number of rotatable bonds is 5. The van der Waals surface area contributed by atoms with Gasteiger partial charge in [-0.25, -0.2) is 5.43 Å². The zero-order chi connectivity index (χ0) is 17.8. The first kappa shape index (κ1) is 16.4. The molecule has 0 spiro atoms. The van der Waals surface area contributed by atoms with E-state index in [1.807, 2.05) is 0 Å². The Morgan fingerprint density at radius 1 is 1.32 bits per heavy atom. The van der Waals surface area contributed by atoms with Crippen LogP contribution in [0.1, 0.15) is 15.4 Å². The number of carbonyl (C=O) groups is 1. The summed E-state index contributed by atoms with van der Waals surface area (Å²) in [5, 5.41) is 26.2. The maximum absolute atomic E-state index is 11.7. The Morgan fingerprint density at radius 3 is 2.84 bits per heavy atom. The molecule has 0 unspecified atom stereocenters. The number of benzene rings is 1. The predicted molar refractivity (Wildman–Crippen MR) is 91.8 cm³/mol. The summed E-state index contributed by atoms with van der Waals surface area (Å²) in [6, 6.07) is 10.3. The fourth-order valence-corrected chi connectivity index (χ4v) is 2.64. The van der Waals surface area contributed by atoms with Crippen molar-refractivity contribution < 1.29 is 19.2 Å². The largest absolute Gasteiger partial charge is 0.507 e. The normalized spacial score (nSPS) is 10.9. The number of hydrogen-bond acceptors (Lipinski definition) is 7. The van der Waals surface area contributed by atoms with Crippen LogP contribution in [-0.4, -0.2) is 22.2 Å². The van der Waals surface area contributed by atoms with E-state index < -0.39 is 4.92 Å². The van der Waals surface area contributed by atoms with Gasteiger partial charge in [0, 0.05) is 6.07 Å². The molecule has 3 aromatic rings. The molecule has 3 rings (SSSR count). The summed E-state index contributed by atoms with van der Waals surface area (Å²) >= 11 is 1.30. The average molecular weight is 357 g/mol. The molecule has 1 aromatic carbocycles. The predicted octanol–water partition coefficient (Wildman–Crippen LogP) is 3.39. The lowest BCUT2D eigenvalue weighted by atomic mass is 10.1. The lowest BCUT2D eigenvalue weighted by molar-refractivity contribution is -0.384. The van der Waals surface area contributed by atoms with Crippen LogP contribution >= 0.6 is 11.3 Å². The van der Waals surface area contributed by atoms with Crippen LogP contribution in [0.4, 0.5) is 5.69 Å². The van der Waals surface area contributed by atoms with E-state index in [2.05, 4.69) is 10.5 Å². The smallest absolute Gasteiger partial charge is 0.281 e. The molecule has 0 atom stereocenters. The first-order chi connectivity index (χ1) is 12.0. The van der Waals surface area contributed by atoms with E-state index >= 15 is 0 Å². The summed E-state index contributed by atoms with van der Waals surface area (Å²) in [4.78, 5) is 22.3. The van der Waals surface area contributed by atoms with E-state index in [9.17, 15) is 20.0 Å². The van der Waals surface area contributed by atoms with Crippen LogP contribution in [0.15, 0.2) is 57.4 Å². The van der Waals surface area contributed by atoms with Gasteiger partial charge in [0.05, 0.1) is 27.6 Å². The summed E-state index contributed by atoms with van der Waals surface area (Å²) in [6.45, 7) is 0. The number of phenolic OH excluding ortho intramolecular Hbond substituents is 1. The van der Waals surface area contributed by atoms with Crippen LogP contribution in [0.5, 0.6) is 5.75 Å². The highest BCUT2D eigenvalue weighted by Crippen LogP contribution is 2.33. The highest BCUT2D eigenvalue weighted by Gasteiger charge is 2.14. The molecule has 0 fully saturated rings. The summed E-state index contributed by atoms with van der Waals surface area (Å²) in [5.74, 6) is 0.0711. The second kappa shape index (κ2) is 6.97. The molecule has 0 saturated carbocycles. The molecule has 2 N–H and O–H groups in total. The van der Waals surface area contributed by atoms with Crippen LogP contribution in [0.2, 0.25) is 0 Å². The highest BCUT2D eigenvalue weighted by molar-refractivity contribution is 7.12. The number of hydrazone groups is 1. The van der Waals surface area contributed by atoms with Gasteiger partial charge in [-0.1, -0.05) is 6.07 Å². The molecule has 2 aromatic heterocycles. The fourth-order valence-electron chi connectivity index (χ4n) is 2.03. The average Bonchev–Trinajstić information content (AvgIpc) is 3.26. The Morgan fingerprint density at radius 2 is 2.16 bits per heavy atom. The quantitative estimate of drug-likeness (QED) is 0.412. The van der Waals surface area contributed by atoms with Gasteiger partial charge in [-0.3, -0.25) is 14.9 Å². The van der Waals surface area contributed by atoms with Gasteiger partial charge in [0.2, 0.25) is 0 Å². The molecule has 1 amide bonds. The third kappa shape index (κ3) is 3.72. The van der Waals surface area contributed by atoms with Crippen molar-refractivity contribution in [2.24, 2.45) is 5.10 Å². The molecule has 0 bridgehead atoms. The number of thiophene rings is 1. The number of non-ortho nitro benzene ring substituents is 1. The Hall–Kier alpha value is -3.46. The molecular formula is C16H11N3O5S. The molecule has 126 valence electrons. The van der Waals surface area contributed by atoms with Crippen LogP contribution in [0.25, 0.3) is 11.3 Å². The second-order valence-electron chi connectivity index (χ2n) is 4.84. The van der Waals surface area contributed by atoms with Gasteiger partial charge in [0.15, 0.2) is 0 Å². The minimum Gasteiger partial charge on any atom is -0.507 e. The first-order valence-corrected chi connectivity index (χ1v) is 7.87. The van der Waals surface area contributed by atoms with Crippen molar-refractivity contribution in [3.05, 3.63) is 68.6 Å². The SMILES string of the molecule is O=C(N/N=C\c1ccc(-c2ccc([N+](=O)[O-])cc2O)o1)c1cccs1. The summed E-state index contributed by atoms with van der Waals surface area (Å²) in [7, 11) is 0. The third-order valence-electron chi connectivity index (χ3n) is 3.19. The number of aromatic hydroxyl groups is 1. The molecule has 25 heavy (non-hydrogen) atoms. The lowest BCUT2D eigenvalue weighted by Gasteiger charge is -2.00. The summed E-state index contributed by atoms with van der Waals surface area (Å²) < 4.78 is 5.50. The number of furan rings is 1. The maximum atomic E-state index is 11.7. The number of hydrogen-bond donors (Lipinski definition) is 2. The third-order valence-corrected chi connectivity index (χ3v) is 4.06. The monoisotopic (exact) mass is 357 g/mol. The minimum atomic E-state index is -0.597. The van der Waals surface area contributed by atoms with E-state index in [4.69, 9.17) is 4.42 Å². The zero-order valence-electron chi connectivity index (χ0n) is 12.6. The lowest BCUT2D eigenvalue weighted by Crippen LogP contribution is -2.15. The van der Waals surface area contributed by atoms with Gasteiger partial charge in [0.25, 0.3) is 11.6 Å². The van der Waals surface area contributed by atoms with Gasteiger partial charge in [-0.15, -0.1) is 11.3 Å². The molecule has 0 aliphatic carbocycles. The number of nitrogens with one attached hydrogen (secondary N) is 1. The number of nitrogens with zero attached hydrogens (tertiary/aromatic N) is 2. The zero-order valence-corrected chi connectivity index (χ0v) is 13.4. The second-order valence-corrected chi connectivity index (χ2v) is 5.78. The van der Waals surface area contributed by atoms with E-state index in [0.29, 0.717) is 22.0 Å². The standard InChI is InChI=1S/C16H11N3O5S/c20-13-8-10(19(22)23)3-5-12(13)14-6-4-11(24-14)9-17-18-16(21)15-2-1-7-25-15/h1-9,20H,(H,18,21)/b17-9-. The number of phenols is 1. The number of amides is 1. The number of carbonyl (C=O) groups excluding carboxylic acids is 1. The van der Waals surface area contributed by atoms with Gasteiger partial charge < -0.3 is 9.52 Å². The Bertz CT molecular complexity index is 947. The fraction of sp³-hybridized carbons (Fsp3) is 0. The number of nitro benzene ring substituents is 1. The van der Waals surface area contributed by atoms with Gasteiger partial charge in [0.1, 0.15) is 17.3 Å². The molecule has 0 aliphatic heterocycles. The van der Waals surface area contributed by atoms with Gasteiger partial charge in [-0.2, -0.15) is 5.10 Å². The summed E-state index contributed by atoms with van der Waals surface area (Å²) in [6.07, 6.45) is 1.32. The molecule has 2 heterocycles. The Labute approximate surface area is 145 Å². The van der Waals surface area contributed by atoms with E-state index in [1.54, 1.807) is 29.6 Å². The molecule has 0 aliphatic rings. The van der Waals surface area contributed by atoms with Gasteiger partial charge in [-0.05, 0) is 29.6 Å². The minimum absolute atomic E-state index is 0.217. The molecule has 0 saturated heterocycles. The van der Waals surface area contributed by atoms with E-state index in [1.165, 1.54) is 29.7 Å². The van der Waals surface area contributed by atoms with Crippen molar-refractivity contribution in [1.82, 2.24) is 5.43 Å². The Kier molecular flexibility index (Phi) is 4.57. The molecular weight excluding hydrogens is 346 g/mol. The summed E-state index contributed by atoms with van der Waals surface area (Å²) in [5.41, 5.74) is 2.47. The van der Waals surface area contributed by atoms with Crippen molar-refractivity contribution in [2.75, 3.05) is 0 Å². The van der Waals surface area contributed by atoms with E-state index in [0.717, 1.165) is 6.07 Å². The van der Waals surface area contributed by atoms with Crippen molar-refractivity contribution in [1.29, 1.82) is 0 Å². The maximum Gasteiger partial charge on any atom is 0.281 e. The van der Waals surface area contributed by atoms with Crippen LogP contribution in [0.3, 0.4) is 0 Å². The van der Waals surface area contributed by atoms with Crippen molar-refractivity contribution in [2.45, 2.75) is 0 Å². The van der Waals surface area contributed by atoms with Crippen molar-refractivity contribution >= 4 is 29.1 Å². The molecule has 0 radical (unpaired) electrons. The van der Waals surface area contributed by atoms with Crippen LogP contribution in [-0.2, 0) is 0 Å². The molecule has 9 heteroatoms. The topological polar surface area (TPSA) is 118 Å². The van der Waals surface area contributed by atoms with Crippen LogP contribution < -0.4 is 5.43 Å². The highest BCUT2D eigenvalue weighted by atomic mass is 32.1. The van der Waals surface area contributed by atoms with Crippen molar-refractivity contribution in [3.63, 3.8) is 0 Å². The van der Waals surface area contributed by atoms with Gasteiger partial charge >= 0.3 is 0 Å². The molecule has 8 nitrogen and oxygen atoms in total. The Balaban J connectivity index is 1.71. The van der Waals surface area contributed by atoms with Crippen molar-refractivity contribution in [3.8, 4) is 17.1 Å². The number of nitro groups is 1.